The Labute approximate surface area is 123 Å². The molecule has 0 aliphatic rings. The predicted molar refractivity (Wildman–Crippen MR) is 77.0 cm³/mol. The van der Waals surface area contributed by atoms with Crippen LogP contribution < -0.4 is 5.32 Å². The number of aliphatic carboxylic acids is 1. The Morgan fingerprint density at radius 3 is 2.60 bits per heavy atom. The summed E-state index contributed by atoms with van der Waals surface area (Å²) in [4.78, 5) is 27.2. The molecule has 1 atom stereocenters. The summed E-state index contributed by atoms with van der Waals surface area (Å²) in [6.45, 7) is 3.87. The first kappa shape index (κ1) is 16.4. The van der Waals surface area contributed by atoms with Crippen molar-refractivity contribution in [1.82, 2.24) is 10.3 Å². The van der Waals surface area contributed by atoms with Crippen LogP contribution in [0.5, 0.6) is 0 Å². The van der Waals surface area contributed by atoms with Crippen LogP contribution in [-0.2, 0) is 11.2 Å². The van der Waals surface area contributed by atoms with Crippen molar-refractivity contribution in [1.29, 1.82) is 0 Å². The highest BCUT2D eigenvalue weighted by atomic mass is 35.5. The smallest absolute Gasteiger partial charge is 0.326 e. The molecule has 0 aliphatic heterocycles. The maximum atomic E-state index is 12.1. The van der Waals surface area contributed by atoms with Gasteiger partial charge in [0.05, 0.1) is 0 Å². The zero-order chi connectivity index (χ0) is 15.1. The number of hydrogen-bond donors (Lipinski definition) is 2. The van der Waals surface area contributed by atoms with E-state index in [9.17, 15) is 9.59 Å². The van der Waals surface area contributed by atoms with E-state index in [0.29, 0.717) is 18.4 Å². The van der Waals surface area contributed by atoms with Gasteiger partial charge in [0.2, 0.25) is 0 Å². The summed E-state index contributed by atoms with van der Waals surface area (Å²) in [6.07, 6.45) is 2.68. The molecule has 1 unspecified atom stereocenters. The quantitative estimate of drug-likeness (QED) is 0.759. The molecule has 0 bridgehead atoms. The molecule has 0 saturated carbocycles. The highest BCUT2D eigenvalue weighted by molar-refractivity contribution is 6.29. The number of aryl methyl sites for hydroxylation is 1. The van der Waals surface area contributed by atoms with E-state index in [1.807, 2.05) is 13.8 Å². The first-order valence-corrected chi connectivity index (χ1v) is 7.05. The van der Waals surface area contributed by atoms with Crippen molar-refractivity contribution in [3.8, 4) is 0 Å². The van der Waals surface area contributed by atoms with E-state index >= 15 is 0 Å². The Kier molecular flexibility index (Phi) is 6.45. The van der Waals surface area contributed by atoms with Crippen molar-refractivity contribution >= 4 is 23.5 Å². The van der Waals surface area contributed by atoms with Gasteiger partial charge >= 0.3 is 5.97 Å². The Morgan fingerprint density at radius 1 is 1.35 bits per heavy atom. The number of carbonyl (C=O) groups excluding carboxylic acids is 1. The van der Waals surface area contributed by atoms with E-state index in [2.05, 4.69) is 10.3 Å². The predicted octanol–water partition coefficient (Wildman–Crippen LogP) is 2.67. The first-order chi connectivity index (χ1) is 9.47. The van der Waals surface area contributed by atoms with Gasteiger partial charge in [0, 0.05) is 11.3 Å². The summed E-state index contributed by atoms with van der Waals surface area (Å²) in [6, 6.07) is 2.21. The molecule has 1 aromatic heterocycles. The van der Waals surface area contributed by atoms with Gasteiger partial charge in [-0.15, -0.1) is 0 Å². The number of pyridine rings is 1. The van der Waals surface area contributed by atoms with E-state index in [0.717, 1.165) is 18.5 Å². The SMILES string of the molecule is CCCc1cc(C(=O)NC(CCC)C(=O)O)cc(Cl)n1. The zero-order valence-electron chi connectivity index (χ0n) is 11.6. The van der Waals surface area contributed by atoms with Gasteiger partial charge in [-0.25, -0.2) is 9.78 Å². The van der Waals surface area contributed by atoms with Gasteiger partial charge in [0.15, 0.2) is 0 Å². The number of carbonyl (C=O) groups is 2. The van der Waals surface area contributed by atoms with Gasteiger partial charge in [-0.05, 0) is 25.0 Å². The number of nitrogens with zero attached hydrogens (tertiary/aromatic N) is 1. The molecule has 0 fully saturated rings. The maximum absolute atomic E-state index is 12.1. The van der Waals surface area contributed by atoms with Gasteiger partial charge in [-0.2, -0.15) is 0 Å². The van der Waals surface area contributed by atoms with Crippen molar-refractivity contribution in [2.24, 2.45) is 0 Å². The summed E-state index contributed by atoms with van der Waals surface area (Å²) < 4.78 is 0. The average Bonchev–Trinajstić information content (AvgIpc) is 2.37. The molecule has 110 valence electrons. The van der Waals surface area contributed by atoms with Gasteiger partial charge < -0.3 is 10.4 Å². The fourth-order valence-corrected chi connectivity index (χ4v) is 2.08. The summed E-state index contributed by atoms with van der Waals surface area (Å²) in [5.41, 5.74) is 1.07. The van der Waals surface area contributed by atoms with E-state index in [1.54, 1.807) is 6.07 Å². The number of hydrogen-bond acceptors (Lipinski definition) is 3. The number of rotatable bonds is 7. The molecule has 5 nitrogen and oxygen atoms in total. The number of carboxylic acids is 1. The molecular weight excluding hydrogens is 280 g/mol. The van der Waals surface area contributed by atoms with Crippen LogP contribution in [0.2, 0.25) is 5.15 Å². The lowest BCUT2D eigenvalue weighted by atomic mass is 10.1. The Balaban J connectivity index is 2.88. The lowest BCUT2D eigenvalue weighted by molar-refractivity contribution is -0.139. The van der Waals surface area contributed by atoms with Crippen molar-refractivity contribution in [3.63, 3.8) is 0 Å². The number of amides is 1. The zero-order valence-corrected chi connectivity index (χ0v) is 12.4. The molecule has 0 saturated heterocycles. The fourth-order valence-electron chi connectivity index (χ4n) is 1.85. The fraction of sp³-hybridized carbons (Fsp3) is 0.500. The van der Waals surface area contributed by atoms with Gasteiger partial charge in [0.1, 0.15) is 11.2 Å². The highest BCUT2D eigenvalue weighted by Crippen LogP contribution is 2.13. The Bertz CT molecular complexity index is 491. The molecule has 1 heterocycles. The molecule has 0 radical (unpaired) electrons. The standard InChI is InChI=1S/C14H19ClN2O3/c1-3-5-10-7-9(8-12(15)16-10)13(18)17-11(6-4-2)14(19)20/h7-8,11H,3-6H2,1-2H3,(H,17,18)(H,19,20). The van der Waals surface area contributed by atoms with Gasteiger partial charge in [-0.1, -0.05) is 38.3 Å². The van der Waals surface area contributed by atoms with Crippen LogP contribution in [-0.4, -0.2) is 28.0 Å². The molecule has 20 heavy (non-hydrogen) atoms. The molecule has 2 N–H and O–H groups in total. The van der Waals surface area contributed by atoms with Crippen molar-refractivity contribution in [2.45, 2.75) is 45.6 Å². The number of aromatic nitrogens is 1. The third-order valence-electron chi connectivity index (χ3n) is 2.80. The lowest BCUT2D eigenvalue weighted by Gasteiger charge is -2.14. The van der Waals surface area contributed by atoms with E-state index in [-0.39, 0.29) is 5.15 Å². The van der Waals surface area contributed by atoms with Crippen molar-refractivity contribution < 1.29 is 14.7 Å². The van der Waals surface area contributed by atoms with Gasteiger partial charge in [0.25, 0.3) is 5.91 Å². The first-order valence-electron chi connectivity index (χ1n) is 6.68. The maximum Gasteiger partial charge on any atom is 0.326 e. The molecule has 1 amide bonds. The van der Waals surface area contributed by atoms with Crippen LogP contribution in [0.1, 0.15) is 49.2 Å². The van der Waals surface area contributed by atoms with Crippen LogP contribution in [0.3, 0.4) is 0 Å². The van der Waals surface area contributed by atoms with Crippen LogP contribution in [0.25, 0.3) is 0 Å². The van der Waals surface area contributed by atoms with Crippen molar-refractivity contribution in [2.75, 3.05) is 0 Å². The molecule has 6 heteroatoms. The summed E-state index contributed by atoms with van der Waals surface area (Å²) >= 11 is 5.88. The Hall–Kier alpha value is -1.62. The molecule has 1 aromatic rings. The van der Waals surface area contributed by atoms with Crippen molar-refractivity contribution in [3.05, 3.63) is 28.5 Å². The normalized spacial score (nSPS) is 11.9. The second-order valence-electron chi connectivity index (χ2n) is 4.57. The summed E-state index contributed by atoms with van der Waals surface area (Å²) in [5.74, 6) is -1.47. The van der Waals surface area contributed by atoms with Crippen LogP contribution in [0.4, 0.5) is 0 Å². The van der Waals surface area contributed by atoms with Crippen LogP contribution >= 0.6 is 11.6 Å². The highest BCUT2D eigenvalue weighted by Gasteiger charge is 2.20. The number of carboxylic acid groups (broad SMARTS) is 1. The second-order valence-corrected chi connectivity index (χ2v) is 4.96. The van der Waals surface area contributed by atoms with Crippen LogP contribution in [0.15, 0.2) is 12.1 Å². The topological polar surface area (TPSA) is 79.3 Å². The average molecular weight is 299 g/mol. The number of nitrogens with one attached hydrogen (secondary N) is 1. The van der Waals surface area contributed by atoms with Crippen LogP contribution in [0, 0.1) is 0 Å². The summed E-state index contributed by atoms with van der Waals surface area (Å²) in [7, 11) is 0. The second kappa shape index (κ2) is 7.85. The largest absolute Gasteiger partial charge is 0.480 e. The molecule has 0 aromatic carbocycles. The van der Waals surface area contributed by atoms with E-state index in [4.69, 9.17) is 16.7 Å². The number of halogens is 1. The molecular formula is C14H19ClN2O3. The third-order valence-corrected chi connectivity index (χ3v) is 2.99. The van der Waals surface area contributed by atoms with Gasteiger partial charge in [-0.3, -0.25) is 4.79 Å². The Morgan fingerprint density at radius 2 is 2.05 bits per heavy atom. The monoisotopic (exact) mass is 298 g/mol. The molecule has 0 aliphatic carbocycles. The van der Waals surface area contributed by atoms with E-state index < -0.39 is 17.9 Å². The molecule has 0 spiro atoms. The summed E-state index contributed by atoms with van der Waals surface area (Å²) in [5, 5.41) is 11.8. The lowest BCUT2D eigenvalue weighted by Crippen LogP contribution is -2.40. The minimum absolute atomic E-state index is 0.239. The molecule has 1 rings (SSSR count). The third kappa shape index (κ3) is 4.81. The minimum Gasteiger partial charge on any atom is -0.480 e. The minimum atomic E-state index is -1.03. The van der Waals surface area contributed by atoms with E-state index in [1.165, 1.54) is 6.07 Å².